The van der Waals surface area contributed by atoms with Gasteiger partial charge in [-0.2, -0.15) is 0 Å². The fourth-order valence-corrected chi connectivity index (χ4v) is 4.48. The highest BCUT2D eigenvalue weighted by atomic mass is 16.2. The third kappa shape index (κ3) is 13.5. The van der Waals surface area contributed by atoms with Crippen molar-refractivity contribution in [3.63, 3.8) is 0 Å². The third-order valence-electron chi connectivity index (χ3n) is 7.04. The molecule has 0 spiro atoms. The largest absolute Gasteiger partial charge is 0.345 e. The van der Waals surface area contributed by atoms with Gasteiger partial charge in [-0.15, -0.1) is 0 Å². The summed E-state index contributed by atoms with van der Waals surface area (Å²) in [6.45, 7) is 1.59. The number of nitrogens with zero attached hydrogens (tertiary/aromatic N) is 2. The van der Waals surface area contributed by atoms with Crippen LogP contribution in [0.1, 0.15) is 88.2 Å². The number of carbonyl (C=O) groups excluding carboxylic acids is 2. The van der Waals surface area contributed by atoms with Crippen molar-refractivity contribution in [1.29, 1.82) is 0 Å². The molecule has 2 aromatic carbocycles. The molecule has 2 rings (SSSR count). The van der Waals surface area contributed by atoms with E-state index >= 15 is 0 Å². The molecule has 0 N–H and O–H groups in total. The molecule has 0 radical (unpaired) electrons. The molecule has 0 atom stereocenters. The number of unbranched alkanes of at least 4 members (excludes halogenated alkanes) is 9. The Hall–Kier alpha value is -2.62. The SMILES string of the molecule is CN(CCc1ccccc1)C(=O)CCCCCCCCCCCCC(=O)N(C)CCc1ccccc1. The van der Waals surface area contributed by atoms with E-state index in [4.69, 9.17) is 0 Å². The molecule has 0 unspecified atom stereocenters. The lowest BCUT2D eigenvalue weighted by molar-refractivity contribution is -0.130. The zero-order valence-corrected chi connectivity index (χ0v) is 22.8. The van der Waals surface area contributed by atoms with E-state index in [2.05, 4.69) is 24.3 Å². The fraction of sp³-hybridized carbons (Fsp3) is 0.562. The first-order chi connectivity index (χ1) is 17.6. The lowest BCUT2D eigenvalue weighted by atomic mass is 10.0. The smallest absolute Gasteiger partial charge is 0.222 e. The maximum atomic E-state index is 12.3. The van der Waals surface area contributed by atoms with Crippen molar-refractivity contribution in [3.8, 4) is 0 Å². The van der Waals surface area contributed by atoms with Crippen LogP contribution in [0.15, 0.2) is 60.7 Å². The van der Waals surface area contributed by atoms with E-state index in [1.165, 1.54) is 49.7 Å². The van der Waals surface area contributed by atoms with Crippen LogP contribution in [-0.2, 0) is 22.4 Å². The van der Waals surface area contributed by atoms with Gasteiger partial charge in [-0.05, 0) is 36.8 Å². The fourth-order valence-electron chi connectivity index (χ4n) is 4.48. The number of benzene rings is 2. The number of carbonyl (C=O) groups is 2. The van der Waals surface area contributed by atoms with Gasteiger partial charge in [0.2, 0.25) is 11.8 Å². The first-order valence-corrected chi connectivity index (χ1v) is 14.1. The molecule has 36 heavy (non-hydrogen) atoms. The Morgan fingerprint density at radius 2 is 0.806 bits per heavy atom. The van der Waals surface area contributed by atoms with Gasteiger partial charge in [-0.25, -0.2) is 0 Å². The molecule has 4 nitrogen and oxygen atoms in total. The predicted octanol–water partition coefficient (Wildman–Crippen LogP) is 7.07. The Bertz CT molecular complexity index is 766. The zero-order chi connectivity index (χ0) is 25.8. The highest BCUT2D eigenvalue weighted by Crippen LogP contribution is 2.13. The molecule has 0 aromatic heterocycles. The monoisotopic (exact) mass is 492 g/mol. The van der Waals surface area contributed by atoms with E-state index in [1.807, 2.05) is 60.3 Å². The molecule has 0 bridgehead atoms. The van der Waals surface area contributed by atoms with E-state index < -0.39 is 0 Å². The van der Waals surface area contributed by atoms with Gasteiger partial charge in [0.25, 0.3) is 0 Å². The van der Waals surface area contributed by atoms with E-state index in [0.29, 0.717) is 12.8 Å². The summed E-state index contributed by atoms with van der Waals surface area (Å²) in [4.78, 5) is 28.4. The number of rotatable bonds is 19. The van der Waals surface area contributed by atoms with Crippen LogP contribution >= 0.6 is 0 Å². The molecule has 0 saturated heterocycles. The zero-order valence-electron chi connectivity index (χ0n) is 22.8. The summed E-state index contributed by atoms with van der Waals surface area (Å²) in [7, 11) is 3.84. The number of hydrogen-bond acceptors (Lipinski definition) is 2. The molecule has 0 saturated carbocycles. The minimum absolute atomic E-state index is 0.270. The second-order valence-electron chi connectivity index (χ2n) is 10.1. The summed E-state index contributed by atoms with van der Waals surface area (Å²) >= 11 is 0. The molecular formula is C32H48N2O2. The second-order valence-corrected chi connectivity index (χ2v) is 10.1. The van der Waals surface area contributed by atoms with Crippen LogP contribution in [0.25, 0.3) is 0 Å². The van der Waals surface area contributed by atoms with Crippen LogP contribution in [0.2, 0.25) is 0 Å². The van der Waals surface area contributed by atoms with Crippen molar-refractivity contribution < 1.29 is 9.59 Å². The number of hydrogen-bond donors (Lipinski definition) is 0. The average molecular weight is 493 g/mol. The minimum Gasteiger partial charge on any atom is -0.345 e. The maximum absolute atomic E-state index is 12.3. The lowest BCUT2D eigenvalue weighted by Gasteiger charge is -2.17. The highest BCUT2D eigenvalue weighted by molar-refractivity contribution is 5.76. The van der Waals surface area contributed by atoms with Crippen molar-refractivity contribution in [3.05, 3.63) is 71.8 Å². The predicted molar refractivity (Wildman–Crippen MR) is 151 cm³/mol. The summed E-state index contributed by atoms with van der Waals surface area (Å²) in [5, 5.41) is 0. The summed E-state index contributed by atoms with van der Waals surface area (Å²) in [5.74, 6) is 0.540. The van der Waals surface area contributed by atoms with E-state index in [9.17, 15) is 9.59 Å². The van der Waals surface area contributed by atoms with Gasteiger partial charge in [-0.3, -0.25) is 9.59 Å². The second kappa shape index (κ2) is 18.6. The molecule has 2 aromatic rings. The standard InChI is InChI=1S/C32H48N2O2/c1-33(27-25-29-19-13-11-14-20-29)31(35)23-17-9-7-5-3-4-6-8-10-18-24-32(36)34(2)28-26-30-21-15-12-16-22-30/h11-16,19-22H,3-10,17-18,23-28H2,1-2H3. The Balaban J connectivity index is 1.35. The highest BCUT2D eigenvalue weighted by Gasteiger charge is 2.09. The van der Waals surface area contributed by atoms with Crippen LogP contribution in [0.3, 0.4) is 0 Å². The molecular weight excluding hydrogens is 444 g/mol. The van der Waals surface area contributed by atoms with E-state index in [-0.39, 0.29) is 11.8 Å². The van der Waals surface area contributed by atoms with Gasteiger partial charge in [0.15, 0.2) is 0 Å². The minimum atomic E-state index is 0.270. The molecule has 4 heteroatoms. The molecule has 0 fully saturated rings. The first kappa shape index (κ1) is 29.6. The number of amides is 2. The van der Waals surface area contributed by atoms with Gasteiger partial charge >= 0.3 is 0 Å². The quantitative estimate of drug-likeness (QED) is 0.197. The van der Waals surface area contributed by atoms with E-state index in [1.54, 1.807) is 0 Å². The third-order valence-corrected chi connectivity index (χ3v) is 7.04. The lowest BCUT2D eigenvalue weighted by Crippen LogP contribution is -2.28. The summed E-state index contributed by atoms with van der Waals surface area (Å²) in [6.07, 6.45) is 15.0. The van der Waals surface area contributed by atoms with Crippen LogP contribution < -0.4 is 0 Å². The normalized spacial score (nSPS) is 10.8. The van der Waals surface area contributed by atoms with Gasteiger partial charge in [-0.1, -0.05) is 112 Å². The van der Waals surface area contributed by atoms with Crippen molar-refractivity contribution in [2.75, 3.05) is 27.2 Å². The Morgan fingerprint density at radius 3 is 1.14 bits per heavy atom. The molecule has 2 amide bonds. The van der Waals surface area contributed by atoms with E-state index in [0.717, 1.165) is 51.6 Å². The summed E-state index contributed by atoms with van der Waals surface area (Å²) < 4.78 is 0. The molecule has 0 aliphatic rings. The topological polar surface area (TPSA) is 40.6 Å². The first-order valence-electron chi connectivity index (χ1n) is 14.1. The summed E-state index contributed by atoms with van der Waals surface area (Å²) in [5.41, 5.74) is 2.57. The van der Waals surface area contributed by atoms with Crippen LogP contribution in [0, 0.1) is 0 Å². The van der Waals surface area contributed by atoms with Gasteiger partial charge < -0.3 is 9.80 Å². The Kier molecular flexibility index (Phi) is 15.3. The molecule has 0 aliphatic carbocycles. The molecule has 198 valence electrons. The van der Waals surface area contributed by atoms with Crippen molar-refractivity contribution in [2.45, 2.75) is 89.9 Å². The molecule has 0 heterocycles. The Labute approximate surface area is 220 Å². The van der Waals surface area contributed by atoms with Gasteiger partial charge in [0, 0.05) is 40.0 Å². The van der Waals surface area contributed by atoms with Crippen LogP contribution in [0.5, 0.6) is 0 Å². The van der Waals surface area contributed by atoms with Crippen molar-refractivity contribution >= 4 is 11.8 Å². The van der Waals surface area contributed by atoms with Gasteiger partial charge in [0.1, 0.15) is 0 Å². The van der Waals surface area contributed by atoms with Crippen molar-refractivity contribution in [1.82, 2.24) is 9.80 Å². The van der Waals surface area contributed by atoms with Crippen LogP contribution in [-0.4, -0.2) is 48.8 Å². The average Bonchev–Trinajstić information content (AvgIpc) is 2.91. The number of likely N-dealkylation sites (N-methyl/N-ethyl adjacent to an activating group) is 2. The Morgan fingerprint density at radius 1 is 0.500 bits per heavy atom. The summed E-state index contributed by atoms with van der Waals surface area (Å²) in [6, 6.07) is 20.7. The molecule has 0 aliphatic heterocycles. The maximum Gasteiger partial charge on any atom is 0.222 e. The van der Waals surface area contributed by atoms with Crippen LogP contribution in [0.4, 0.5) is 0 Å². The van der Waals surface area contributed by atoms with Gasteiger partial charge in [0.05, 0.1) is 0 Å². The van der Waals surface area contributed by atoms with Crippen molar-refractivity contribution in [2.24, 2.45) is 0 Å².